The second-order valence-electron chi connectivity index (χ2n) is 8.59. The van der Waals surface area contributed by atoms with Crippen LogP contribution in [-0.2, 0) is 19.6 Å². The number of hydrogen-bond acceptors (Lipinski definition) is 7. The van der Waals surface area contributed by atoms with Gasteiger partial charge in [0, 0.05) is 38.3 Å². The summed E-state index contributed by atoms with van der Waals surface area (Å²) in [5, 5.41) is 2.87. The Morgan fingerprint density at radius 3 is 2.54 bits per heavy atom. The van der Waals surface area contributed by atoms with Crippen LogP contribution in [0.1, 0.15) is 25.2 Å². The summed E-state index contributed by atoms with van der Waals surface area (Å²) >= 11 is 0. The Hall–Kier alpha value is -3.21. The van der Waals surface area contributed by atoms with E-state index in [0.29, 0.717) is 62.1 Å². The van der Waals surface area contributed by atoms with E-state index in [1.54, 1.807) is 18.2 Å². The highest BCUT2D eigenvalue weighted by Gasteiger charge is 2.27. The molecule has 2 aliphatic rings. The number of carbonyl (C=O) groups excluding carboxylic acids is 1. The van der Waals surface area contributed by atoms with E-state index in [1.807, 2.05) is 24.3 Å². The number of rotatable bonds is 6. The molecule has 1 N–H and O–H groups in total. The third-order valence-corrected chi connectivity index (χ3v) is 8.11. The average molecular weight is 497 g/mol. The quantitative estimate of drug-likeness (QED) is 0.521. The van der Waals surface area contributed by atoms with Crippen molar-refractivity contribution in [3.8, 4) is 0 Å². The first-order chi connectivity index (χ1) is 17.0. The van der Waals surface area contributed by atoms with Crippen LogP contribution in [0.2, 0.25) is 0 Å². The minimum atomic E-state index is -3.64. The fourth-order valence-corrected chi connectivity index (χ4v) is 5.94. The van der Waals surface area contributed by atoms with E-state index in [4.69, 9.17) is 9.15 Å². The zero-order valence-electron chi connectivity index (χ0n) is 19.4. The summed E-state index contributed by atoms with van der Waals surface area (Å²) in [6.07, 6.45) is 5.58. The minimum absolute atomic E-state index is 0.176. The number of piperidine rings is 1. The number of nitrogens with one attached hydrogen (secondary N) is 1. The Morgan fingerprint density at radius 1 is 1.00 bits per heavy atom. The van der Waals surface area contributed by atoms with Crippen molar-refractivity contribution in [3.63, 3.8) is 0 Å². The van der Waals surface area contributed by atoms with Crippen molar-refractivity contribution in [2.75, 3.05) is 49.6 Å². The number of carbonyl (C=O) groups is 1. The second-order valence-corrected chi connectivity index (χ2v) is 10.5. The summed E-state index contributed by atoms with van der Waals surface area (Å²) in [5.74, 6) is -0.0922. The van der Waals surface area contributed by atoms with Crippen molar-refractivity contribution in [1.82, 2.24) is 9.29 Å². The molecule has 0 unspecified atom stereocenters. The summed E-state index contributed by atoms with van der Waals surface area (Å²) in [6.45, 7) is 3.47. The Morgan fingerprint density at radius 2 is 1.77 bits per heavy atom. The highest BCUT2D eigenvalue weighted by atomic mass is 32.2. The molecule has 2 saturated heterocycles. The third kappa shape index (κ3) is 5.24. The molecule has 35 heavy (non-hydrogen) atoms. The van der Waals surface area contributed by atoms with Gasteiger partial charge in [0.1, 0.15) is 5.52 Å². The maximum Gasteiger partial charge on any atom is 0.248 e. The van der Waals surface area contributed by atoms with Gasteiger partial charge in [0.25, 0.3) is 0 Å². The molecule has 2 aliphatic heterocycles. The zero-order chi connectivity index (χ0) is 24.3. The first-order valence-corrected chi connectivity index (χ1v) is 13.3. The smallest absolute Gasteiger partial charge is 0.248 e. The lowest BCUT2D eigenvalue weighted by Gasteiger charge is -2.31. The van der Waals surface area contributed by atoms with Gasteiger partial charge in [0.15, 0.2) is 5.58 Å². The maximum absolute atomic E-state index is 13.3. The molecular weight excluding hydrogens is 468 g/mol. The molecule has 1 amide bonds. The van der Waals surface area contributed by atoms with Crippen LogP contribution in [0.4, 0.5) is 11.4 Å². The van der Waals surface area contributed by atoms with Crippen molar-refractivity contribution >= 4 is 44.5 Å². The SMILES string of the molecule is O=C(/C=C/c1nc2ccccc2o1)Nc1cc(S(=O)(=O)N2CCCCC2)ccc1N1CCOCC1. The van der Waals surface area contributed by atoms with Gasteiger partial charge in [-0.3, -0.25) is 4.79 Å². The van der Waals surface area contributed by atoms with Gasteiger partial charge in [-0.15, -0.1) is 0 Å². The van der Waals surface area contributed by atoms with E-state index < -0.39 is 15.9 Å². The van der Waals surface area contributed by atoms with Gasteiger partial charge in [-0.1, -0.05) is 18.6 Å². The monoisotopic (exact) mass is 496 g/mol. The first kappa shape index (κ1) is 23.5. The van der Waals surface area contributed by atoms with Crippen LogP contribution in [0.5, 0.6) is 0 Å². The highest BCUT2D eigenvalue weighted by molar-refractivity contribution is 7.89. The summed E-state index contributed by atoms with van der Waals surface area (Å²) in [4.78, 5) is 19.4. The molecule has 5 rings (SSSR count). The Labute approximate surface area is 204 Å². The molecule has 2 aromatic carbocycles. The molecule has 10 heteroatoms. The van der Waals surface area contributed by atoms with Crippen LogP contribution in [-0.4, -0.2) is 63.0 Å². The fraction of sp³-hybridized carbons (Fsp3) is 0.360. The van der Waals surface area contributed by atoms with Gasteiger partial charge in [0.2, 0.25) is 21.8 Å². The van der Waals surface area contributed by atoms with Crippen molar-refractivity contribution in [2.24, 2.45) is 0 Å². The summed E-state index contributed by atoms with van der Waals surface area (Å²) < 4.78 is 39.1. The van der Waals surface area contributed by atoms with Crippen LogP contribution >= 0.6 is 0 Å². The molecule has 3 heterocycles. The molecule has 0 atom stereocenters. The zero-order valence-corrected chi connectivity index (χ0v) is 20.2. The van der Waals surface area contributed by atoms with Gasteiger partial charge in [-0.05, 0) is 43.2 Å². The van der Waals surface area contributed by atoms with E-state index in [-0.39, 0.29) is 4.90 Å². The number of aromatic nitrogens is 1. The first-order valence-electron chi connectivity index (χ1n) is 11.8. The number of para-hydroxylation sites is 2. The molecule has 3 aromatic rings. The maximum atomic E-state index is 13.3. The summed E-state index contributed by atoms with van der Waals surface area (Å²) in [6, 6.07) is 12.3. The number of morpholine rings is 1. The largest absolute Gasteiger partial charge is 0.437 e. The van der Waals surface area contributed by atoms with E-state index in [1.165, 1.54) is 16.5 Å². The highest BCUT2D eigenvalue weighted by Crippen LogP contribution is 2.31. The van der Waals surface area contributed by atoms with Crippen LogP contribution in [0.3, 0.4) is 0 Å². The fourth-order valence-electron chi connectivity index (χ4n) is 4.39. The van der Waals surface area contributed by atoms with E-state index >= 15 is 0 Å². The number of amides is 1. The average Bonchev–Trinajstić information content (AvgIpc) is 3.32. The number of fused-ring (bicyclic) bond motifs is 1. The number of anilines is 2. The van der Waals surface area contributed by atoms with E-state index in [2.05, 4.69) is 15.2 Å². The van der Waals surface area contributed by atoms with E-state index in [9.17, 15) is 13.2 Å². The predicted octanol–water partition coefficient (Wildman–Crippen LogP) is 3.49. The minimum Gasteiger partial charge on any atom is -0.437 e. The standard InChI is InChI=1S/C25H28N4O5S/c30-24(10-11-25-27-20-6-2-3-7-23(20)34-25)26-21-18-19(35(31,32)29-12-4-1-5-13-29)8-9-22(21)28-14-16-33-17-15-28/h2-3,6-11,18H,1,4-5,12-17H2,(H,26,30)/b11-10+. The number of nitrogens with zero attached hydrogens (tertiary/aromatic N) is 3. The molecule has 2 fully saturated rings. The Bertz CT molecular complexity index is 1310. The Balaban J connectivity index is 1.41. The van der Waals surface area contributed by atoms with Gasteiger partial charge in [0.05, 0.1) is 29.5 Å². The van der Waals surface area contributed by atoms with Crippen LogP contribution in [0.15, 0.2) is 57.9 Å². The molecule has 0 aliphatic carbocycles. The molecule has 0 spiro atoms. The van der Waals surface area contributed by atoms with E-state index in [0.717, 1.165) is 24.9 Å². The normalized spacial score (nSPS) is 17.8. The van der Waals surface area contributed by atoms with Gasteiger partial charge in [-0.2, -0.15) is 4.31 Å². The molecular formula is C25H28N4O5S. The van der Waals surface area contributed by atoms with Gasteiger partial charge < -0.3 is 19.4 Å². The lowest BCUT2D eigenvalue weighted by Crippen LogP contribution is -2.37. The lowest BCUT2D eigenvalue weighted by molar-refractivity contribution is -0.111. The molecule has 0 saturated carbocycles. The second kappa shape index (κ2) is 10.2. The topological polar surface area (TPSA) is 105 Å². The van der Waals surface area contributed by atoms with Crippen LogP contribution in [0.25, 0.3) is 17.2 Å². The number of sulfonamides is 1. The number of hydrogen-bond donors (Lipinski definition) is 1. The van der Waals surface area contributed by atoms with Crippen LogP contribution in [0, 0.1) is 0 Å². The van der Waals surface area contributed by atoms with Crippen molar-refractivity contribution in [1.29, 1.82) is 0 Å². The summed E-state index contributed by atoms with van der Waals surface area (Å²) in [5.41, 5.74) is 2.54. The lowest BCUT2D eigenvalue weighted by atomic mass is 10.2. The molecule has 184 valence electrons. The number of ether oxygens (including phenoxy) is 1. The molecule has 0 bridgehead atoms. The molecule has 9 nitrogen and oxygen atoms in total. The van der Waals surface area contributed by atoms with Crippen molar-refractivity contribution in [2.45, 2.75) is 24.2 Å². The number of oxazole rings is 1. The van der Waals surface area contributed by atoms with Crippen molar-refractivity contribution < 1.29 is 22.4 Å². The number of benzene rings is 2. The van der Waals surface area contributed by atoms with Gasteiger partial charge in [-0.25, -0.2) is 13.4 Å². The third-order valence-electron chi connectivity index (χ3n) is 6.22. The predicted molar refractivity (Wildman–Crippen MR) is 134 cm³/mol. The molecule has 0 radical (unpaired) electrons. The van der Waals surface area contributed by atoms with Crippen LogP contribution < -0.4 is 10.2 Å². The summed E-state index contributed by atoms with van der Waals surface area (Å²) in [7, 11) is -3.64. The van der Waals surface area contributed by atoms with Gasteiger partial charge >= 0.3 is 0 Å². The Kier molecular flexibility index (Phi) is 6.85. The molecule has 1 aromatic heterocycles. The van der Waals surface area contributed by atoms with Crippen molar-refractivity contribution in [3.05, 3.63) is 54.4 Å².